The van der Waals surface area contributed by atoms with Crippen LogP contribution in [0.1, 0.15) is 32.6 Å². The van der Waals surface area contributed by atoms with Crippen LogP contribution < -0.4 is 4.74 Å². The maximum Gasteiger partial charge on any atom is 0.260 e. The molecule has 1 aliphatic heterocycles. The topological polar surface area (TPSA) is 29.5 Å². The molecule has 1 atom stereocenters. The first kappa shape index (κ1) is 15.8. The molecule has 0 aliphatic carbocycles. The monoisotopic (exact) mass is 403 g/mol. The van der Waals surface area contributed by atoms with E-state index in [2.05, 4.69) is 38.8 Å². The number of benzene rings is 1. The molecule has 0 radical (unpaired) electrons. The van der Waals surface area contributed by atoms with Crippen molar-refractivity contribution in [1.82, 2.24) is 4.90 Å². The minimum absolute atomic E-state index is 0.0892. The molecule has 0 bridgehead atoms. The fourth-order valence-electron chi connectivity index (χ4n) is 2.57. The third-order valence-corrected chi connectivity index (χ3v) is 4.78. The number of piperidine rings is 1. The number of ether oxygens (including phenoxy) is 1. The zero-order valence-electron chi connectivity index (χ0n) is 11.6. The first-order chi connectivity index (χ1) is 9.61. The number of nitrogens with zero attached hydrogens (tertiary/aromatic N) is 1. The molecule has 0 saturated carbocycles. The van der Waals surface area contributed by atoms with Gasteiger partial charge in [0.1, 0.15) is 5.75 Å². The largest absolute Gasteiger partial charge is 0.483 e. The summed E-state index contributed by atoms with van der Waals surface area (Å²) in [6.07, 6.45) is 4.46. The number of hydrogen-bond acceptors (Lipinski definition) is 2. The van der Waals surface area contributed by atoms with Gasteiger partial charge in [0.2, 0.25) is 0 Å². The second-order valence-corrected chi connectivity index (χ2v) is 6.78. The highest BCUT2D eigenvalue weighted by Crippen LogP contribution is 2.28. The van der Waals surface area contributed by atoms with Crippen molar-refractivity contribution >= 4 is 37.8 Å². The molecular formula is C15H19Br2NO2. The van der Waals surface area contributed by atoms with Gasteiger partial charge in [-0.3, -0.25) is 4.79 Å². The highest BCUT2D eigenvalue weighted by atomic mass is 79.9. The van der Waals surface area contributed by atoms with Crippen LogP contribution in [0.2, 0.25) is 0 Å². The normalized spacial score (nSPS) is 18.9. The Morgan fingerprint density at radius 2 is 2.20 bits per heavy atom. The molecule has 2 rings (SSSR count). The second kappa shape index (κ2) is 7.46. The Labute approximate surface area is 136 Å². The van der Waals surface area contributed by atoms with Crippen molar-refractivity contribution in [3.8, 4) is 5.75 Å². The molecular weight excluding hydrogens is 386 g/mol. The predicted molar refractivity (Wildman–Crippen MR) is 87.0 cm³/mol. The molecule has 1 saturated heterocycles. The van der Waals surface area contributed by atoms with Crippen molar-refractivity contribution in [2.45, 2.75) is 38.6 Å². The number of carbonyl (C=O) groups is 1. The molecule has 1 aliphatic rings. The van der Waals surface area contributed by atoms with Crippen LogP contribution in [0.4, 0.5) is 0 Å². The summed E-state index contributed by atoms with van der Waals surface area (Å²) in [7, 11) is 0. The smallest absolute Gasteiger partial charge is 0.260 e. The number of likely N-dealkylation sites (tertiary alicyclic amines) is 1. The standard InChI is InChI=1S/C15H19Br2NO2/c1-2-12-5-3-4-8-18(12)15(19)10-20-14-7-6-11(16)9-13(14)17/h6-7,9,12H,2-5,8,10H2,1H3. The van der Waals surface area contributed by atoms with E-state index < -0.39 is 0 Å². The lowest BCUT2D eigenvalue weighted by atomic mass is 10.00. The zero-order valence-corrected chi connectivity index (χ0v) is 14.7. The minimum atomic E-state index is 0.0892. The van der Waals surface area contributed by atoms with Crippen LogP contribution in [0.5, 0.6) is 5.75 Å². The van der Waals surface area contributed by atoms with E-state index in [1.54, 1.807) is 0 Å². The summed E-state index contributed by atoms with van der Waals surface area (Å²) in [5, 5.41) is 0. The molecule has 20 heavy (non-hydrogen) atoms. The van der Waals surface area contributed by atoms with E-state index in [4.69, 9.17) is 4.74 Å². The van der Waals surface area contributed by atoms with E-state index in [9.17, 15) is 4.79 Å². The van der Waals surface area contributed by atoms with E-state index >= 15 is 0 Å². The van der Waals surface area contributed by atoms with Gasteiger partial charge in [-0.05, 0) is 59.8 Å². The highest BCUT2D eigenvalue weighted by molar-refractivity contribution is 9.11. The van der Waals surface area contributed by atoms with Crippen molar-refractivity contribution in [1.29, 1.82) is 0 Å². The molecule has 0 aromatic heterocycles. The number of carbonyl (C=O) groups excluding carboxylic acids is 1. The van der Waals surface area contributed by atoms with Crippen LogP contribution in [-0.4, -0.2) is 30.0 Å². The van der Waals surface area contributed by atoms with Crippen LogP contribution in [0.15, 0.2) is 27.1 Å². The van der Waals surface area contributed by atoms with E-state index in [0.29, 0.717) is 11.8 Å². The molecule has 1 amide bonds. The van der Waals surface area contributed by atoms with Gasteiger partial charge in [-0.1, -0.05) is 22.9 Å². The van der Waals surface area contributed by atoms with Crippen molar-refractivity contribution in [2.24, 2.45) is 0 Å². The molecule has 1 aromatic rings. The number of halogens is 2. The Balaban J connectivity index is 1.94. The van der Waals surface area contributed by atoms with Gasteiger partial charge in [0.15, 0.2) is 6.61 Å². The molecule has 1 heterocycles. The summed E-state index contributed by atoms with van der Waals surface area (Å²) in [4.78, 5) is 14.3. The maximum absolute atomic E-state index is 12.3. The molecule has 0 N–H and O–H groups in total. The molecule has 1 unspecified atom stereocenters. The summed E-state index contributed by atoms with van der Waals surface area (Å²) in [5.74, 6) is 0.790. The number of amides is 1. The van der Waals surface area contributed by atoms with Gasteiger partial charge >= 0.3 is 0 Å². The van der Waals surface area contributed by atoms with Crippen molar-refractivity contribution < 1.29 is 9.53 Å². The summed E-state index contributed by atoms with van der Waals surface area (Å²) in [6, 6.07) is 6.05. The van der Waals surface area contributed by atoms with Crippen LogP contribution >= 0.6 is 31.9 Å². The van der Waals surface area contributed by atoms with Crippen molar-refractivity contribution in [3.63, 3.8) is 0 Å². The number of rotatable bonds is 4. The molecule has 5 heteroatoms. The van der Waals surface area contributed by atoms with Gasteiger partial charge in [0, 0.05) is 17.1 Å². The Bertz CT molecular complexity index is 479. The van der Waals surface area contributed by atoms with E-state index in [1.165, 1.54) is 6.42 Å². The van der Waals surface area contributed by atoms with E-state index in [0.717, 1.165) is 34.8 Å². The van der Waals surface area contributed by atoms with E-state index in [1.807, 2.05) is 23.1 Å². The van der Waals surface area contributed by atoms with Crippen molar-refractivity contribution in [2.75, 3.05) is 13.2 Å². The Kier molecular flexibility index (Phi) is 5.90. The van der Waals surface area contributed by atoms with Gasteiger partial charge in [-0.15, -0.1) is 0 Å². The maximum atomic E-state index is 12.3. The molecule has 1 aromatic carbocycles. The van der Waals surface area contributed by atoms with Crippen LogP contribution in [0, 0.1) is 0 Å². The third kappa shape index (κ3) is 3.98. The van der Waals surface area contributed by atoms with Crippen molar-refractivity contribution in [3.05, 3.63) is 27.1 Å². The van der Waals surface area contributed by atoms with Gasteiger partial charge < -0.3 is 9.64 Å². The molecule has 110 valence electrons. The van der Waals surface area contributed by atoms with Crippen LogP contribution in [-0.2, 0) is 4.79 Å². The van der Waals surface area contributed by atoms with Gasteiger partial charge in [-0.2, -0.15) is 0 Å². The Hall–Kier alpha value is -0.550. The Morgan fingerprint density at radius 1 is 1.40 bits per heavy atom. The fourth-order valence-corrected chi connectivity index (χ4v) is 3.73. The average molecular weight is 405 g/mol. The minimum Gasteiger partial charge on any atom is -0.483 e. The first-order valence-corrected chi connectivity index (χ1v) is 8.57. The SMILES string of the molecule is CCC1CCCCN1C(=O)COc1ccc(Br)cc1Br. The first-order valence-electron chi connectivity index (χ1n) is 6.99. The average Bonchev–Trinajstić information content (AvgIpc) is 2.46. The predicted octanol–water partition coefficient (Wildman–Crippen LogP) is 4.38. The second-order valence-electron chi connectivity index (χ2n) is 5.01. The summed E-state index contributed by atoms with van der Waals surface area (Å²) in [5.41, 5.74) is 0. The summed E-state index contributed by atoms with van der Waals surface area (Å²) in [6.45, 7) is 3.11. The van der Waals surface area contributed by atoms with Crippen LogP contribution in [0.25, 0.3) is 0 Å². The summed E-state index contributed by atoms with van der Waals surface area (Å²) >= 11 is 6.83. The molecule has 3 nitrogen and oxygen atoms in total. The lowest BCUT2D eigenvalue weighted by molar-refractivity contribution is -0.137. The van der Waals surface area contributed by atoms with Gasteiger partial charge in [-0.25, -0.2) is 0 Å². The quantitative estimate of drug-likeness (QED) is 0.745. The van der Waals surface area contributed by atoms with Gasteiger partial charge in [0.25, 0.3) is 5.91 Å². The highest BCUT2D eigenvalue weighted by Gasteiger charge is 2.25. The molecule has 1 fully saturated rings. The van der Waals surface area contributed by atoms with Crippen LogP contribution in [0.3, 0.4) is 0 Å². The van der Waals surface area contributed by atoms with Gasteiger partial charge in [0.05, 0.1) is 4.47 Å². The Morgan fingerprint density at radius 3 is 2.90 bits per heavy atom. The number of hydrogen-bond donors (Lipinski definition) is 0. The molecule has 0 spiro atoms. The lowest BCUT2D eigenvalue weighted by Crippen LogP contribution is -2.45. The lowest BCUT2D eigenvalue weighted by Gasteiger charge is -2.35. The summed E-state index contributed by atoms with van der Waals surface area (Å²) < 4.78 is 7.47. The van der Waals surface area contributed by atoms with E-state index in [-0.39, 0.29) is 12.5 Å². The fraction of sp³-hybridized carbons (Fsp3) is 0.533. The third-order valence-electron chi connectivity index (χ3n) is 3.66. The zero-order chi connectivity index (χ0) is 14.5.